The molecule has 0 saturated carbocycles. The van der Waals surface area contributed by atoms with E-state index in [1.807, 2.05) is 32.6 Å². The van der Waals surface area contributed by atoms with Gasteiger partial charge in [-0.15, -0.1) is 0 Å². The van der Waals surface area contributed by atoms with E-state index >= 15 is 0 Å². The van der Waals surface area contributed by atoms with Crippen LogP contribution in [0.1, 0.15) is 43.6 Å². The van der Waals surface area contributed by atoms with Crippen LogP contribution in [0.15, 0.2) is 18.2 Å². The summed E-state index contributed by atoms with van der Waals surface area (Å²) in [4.78, 5) is 14.5. The van der Waals surface area contributed by atoms with Crippen molar-refractivity contribution in [2.75, 3.05) is 13.1 Å². The molecule has 0 aromatic heterocycles. The number of carbonyl (C=O) groups excluding carboxylic acids is 1. The number of morpholine rings is 1. The monoisotopic (exact) mass is 277 g/mol. The minimum Gasteiger partial charge on any atom is -0.508 e. The largest absolute Gasteiger partial charge is 0.508 e. The lowest BCUT2D eigenvalue weighted by Crippen LogP contribution is -2.58. The lowest BCUT2D eigenvalue weighted by Gasteiger charge is -2.47. The van der Waals surface area contributed by atoms with E-state index in [9.17, 15) is 9.90 Å². The van der Waals surface area contributed by atoms with Crippen molar-refractivity contribution in [2.24, 2.45) is 0 Å². The van der Waals surface area contributed by atoms with Crippen LogP contribution in [0.3, 0.4) is 0 Å². The number of rotatable bonds is 1. The van der Waals surface area contributed by atoms with Crippen molar-refractivity contribution < 1.29 is 14.6 Å². The van der Waals surface area contributed by atoms with E-state index in [0.29, 0.717) is 24.2 Å². The third-order valence-corrected chi connectivity index (χ3v) is 3.52. The number of phenols is 1. The molecule has 2 rings (SSSR count). The fourth-order valence-corrected chi connectivity index (χ4v) is 2.96. The molecule has 0 radical (unpaired) electrons. The fraction of sp³-hybridized carbons (Fsp3) is 0.562. The zero-order valence-corrected chi connectivity index (χ0v) is 12.9. The Morgan fingerprint density at radius 3 is 2.30 bits per heavy atom. The smallest absolute Gasteiger partial charge is 0.254 e. The van der Waals surface area contributed by atoms with E-state index in [4.69, 9.17) is 4.74 Å². The first-order chi connectivity index (χ1) is 9.11. The Labute approximate surface area is 120 Å². The normalized spacial score (nSPS) is 20.8. The summed E-state index contributed by atoms with van der Waals surface area (Å²) in [7, 11) is 0. The van der Waals surface area contributed by atoms with Gasteiger partial charge in [0.1, 0.15) is 5.75 Å². The second kappa shape index (κ2) is 4.77. The molecule has 0 atom stereocenters. The number of nitrogens with zero attached hydrogens (tertiary/aromatic N) is 1. The van der Waals surface area contributed by atoms with Gasteiger partial charge in [-0.2, -0.15) is 0 Å². The first-order valence-corrected chi connectivity index (χ1v) is 6.89. The second-order valence-electron chi connectivity index (χ2n) is 6.73. The highest BCUT2D eigenvalue weighted by Crippen LogP contribution is 2.30. The number of aromatic hydroxyl groups is 1. The molecule has 4 nitrogen and oxygen atoms in total. The van der Waals surface area contributed by atoms with Gasteiger partial charge in [-0.1, -0.05) is 6.07 Å². The molecule has 1 N–H and O–H groups in total. The molecule has 110 valence electrons. The zero-order valence-electron chi connectivity index (χ0n) is 12.9. The molecule has 0 spiro atoms. The average molecular weight is 277 g/mol. The van der Waals surface area contributed by atoms with Gasteiger partial charge in [-0.3, -0.25) is 4.79 Å². The fourth-order valence-electron chi connectivity index (χ4n) is 2.96. The summed E-state index contributed by atoms with van der Waals surface area (Å²) in [6, 6.07) is 5.05. The molecule has 1 aromatic carbocycles. The van der Waals surface area contributed by atoms with Gasteiger partial charge in [0.05, 0.1) is 11.2 Å². The maximum Gasteiger partial charge on any atom is 0.254 e. The molecule has 1 aliphatic rings. The molecule has 1 aromatic rings. The van der Waals surface area contributed by atoms with Gasteiger partial charge in [0.15, 0.2) is 0 Å². The first kappa shape index (κ1) is 14.9. The maximum absolute atomic E-state index is 12.7. The van der Waals surface area contributed by atoms with Gasteiger partial charge in [0, 0.05) is 24.2 Å². The van der Waals surface area contributed by atoms with Gasteiger partial charge in [0.25, 0.3) is 5.91 Å². The summed E-state index contributed by atoms with van der Waals surface area (Å²) in [6.07, 6.45) is 0. The van der Waals surface area contributed by atoms with E-state index < -0.39 is 0 Å². The van der Waals surface area contributed by atoms with Gasteiger partial charge < -0.3 is 14.7 Å². The molecule has 1 amide bonds. The van der Waals surface area contributed by atoms with Crippen LogP contribution in [-0.2, 0) is 4.74 Å². The molecule has 0 bridgehead atoms. The van der Waals surface area contributed by atoms with Gasteiger partial charge in [0.2, 0.25) is 0 Å². The number of hydrogen-bond donors (Lipinski definition) is 1. The van der Waals surface area contributed by atoms with Crippen LogP contribution < -0.4 is 0 Å². The lowest BCUT2D eigenvalue weighted by atomic mass is 9.97. The molecular formula is C16H23NO3. The summed E-state index contributed by atoms with van der Waals surface area (Å²) in [5.74, 6) is 0.102. The number of ether oxygens (including phenoxy) is 1. The Hall–Kier alpha value is -1.55. The molecule has 1 fully saturated rings. The molecular weight excluding hydrogens is 254 g/mol. The molecule has 0 aliphatic carbocycles. The van der Waals surface area contributed by atoms with Gasteiger partial charge in [-0.25, -0.2) is 0 Å². The third-order valence-electron chi connectivity index (χ3n) is 3.52. The Balaban J connectivity index is 2.31. The van der Waals surface area contributed by atoms with Crippen molar-refractivity contribution in [3.05, 3.63) is 29.3 Å². The van der Waals surface area contributed by atoms with E-state index in [1.165, 1.54) is 0 Å². The summed E-state index contributed by atoms with van der Waals surface area (Å²) >= 11 is 0. The van der Waals surface area contributed by atoms with Crippen molar-refractivity contribution in [1.82, 2.24) is 4.90 Å². The average Bonchev–Trinajstić information content (AvgIpc) is 2.28. The number of hydrogen-bond acceptors (Lipinski definition) is 3. The predicted molar refractivity (Wildman–Crippen MR) is 78.0 cm³/mol. The molecule has 1 heterocycles. The van der Waals surface area contributed by atoms with E-state index in [1.54, 1.807) is 25.1 Å². The van der Waals surface area contributed by atoms with Crippen LogP contribution >= 0.6 is 0 Å². The van der Waals surface area contributed by atoms with E-state index in [-0.39, 0.29) is 22.9 Å². The maximum atomic E-state index is 12.7. The molecule has 20 heavy (non-hydrogen) atoms. The van der Waals surface area contributed by atoms with Gasteiger partial charge >= 0.3 is 0 Å². The van der Waals surface area contributed by atoms with Gasteiger partial charge in [-0.05, 0) is 46.8 Å². The summed E-state index contributed by atoms with van der Waals surface area (Å²) < 4.78 is 5.99. The highest BCUT2D eigenvalue weighted by atomic mass is 16.5. The van der Waals surface area contributed by atoms with Crippen molar-refractivity contribution in [3.8, 4) is 5.75 Å². The van der Waals surface area contributed by atoms with E-state index in [0.717, 1.165) is 0 Å². The van der Waals surface area contributed by atoms with Crippen LogP contribution in [0.25, 0.3) is 0 Å². The number of phenolic OH excluding ortho intramolecular Hbond substituents is 1. The number of carbonyl (C=O) groups is 1. The second-order valence-corrected chi connectivity index (χ2v) is 6.73. The summed E-state index contributed by atoms with van der Waals surface area (Å²) in [6.45, 7) is 10.8. The summed E-state index contributed by atoms with van der Waals surface area (Å²) in [5.41, 5.74) is 0.433. The zero-order chi connectivity index (χ0) is 15.1. The van der Waals surface area contributed by atoms with Crippen LogP contribution in [-0.4, -0.2) is 40.2 Å². The van der Waals surface area contributed by atoms with Crippen LogP contribution in [0.5, 0.6) is 5.75 Å². The minimum atomic E-state index is -0.373. The molecule has 1 aliphatic heterocycles. The number of benzene rings is 1. The first-order valence-electron chi connectivity index (χ1n) is 6.89. The predicted octanol–water partition coefficient (Wildman–Crippen LogP) is 2.73. The van der Waals surface area contributed by atoms with E-state index in [2.05, 4.69) is 0 Å². The SMILES string of the molecule is Cc1c(O)cccc1C(=O)N1CC(C)(C)OC(C)(C)C1. The van der Waals surface area contributed by atoms with Crippen LogP contribution in [0.4, 0.5) is 0 Å². The summed E-state index contributed by atoms with van der Waals surface area (Å²) in [5, 5.41) is 9.76. The lowest BCUT2D eigenvalue weighted by molar-refractivity contribution is -0.171. The Morgan fingerprint density at radius 1 is 1.20 bits per heavy atom. The van der Waals surface area contributed by atoms with Crippen molar-refractivity contribution >= 4 is 5.91 Å². The third kappa shape index (κ3) is 2.96. The van der Waals surface area contributed by atoms with Crippen molar-refractivity contribution in [2.45, 2.75) is 45.8 Å². The molecule has 4 heteroatoms. The standard InChI is InChI=1S/C16H23NO3/c1-11-12(7-6-8-13(11)18)14(19)17-9-15(2,3)20-16(4,5)10-17/h6-8,18H,9-10H2,1-5H3. The highest BCUT2D eigenvalue weighted by molar-refractivity contribution is 5.96. The quantitative estimate of drug-likeness (QED) is 0.858. The number of amides is 1. The Morgan fingerprint density at radius 2 is 1.75 bits per heavy atom. The molecule has 1 saturated heterocycles. The van der Waals surface area contributed by atoms with Crippen molar-refractivity contribution in [3.63, 3.8) is 0 Å². The Bertz CT molecular complexity index is 519. The van der Waals surface area contributed by atoms with Crippen LogP contribution in [0.2, 0.25) is 0 Å². The van der Waals surface area contributed by atoms with Crippen molar-refractivity contribution in [1.29, 1.82) is 0 Å². The molecule has 0 unspecified atom stereocenters. The highest BCUT2D eigenvalue weighted by Gasteiger charge is 2.40. The van der Waals surface area contributed by atoms with Crippen LogP contribution in [0, 0.1) is 6.92 Å². The Kier molecular flexibility index (Phi) is 3.54. The topological polar surface area (TPSA) is 49.8 Å². The minimum absolute atomic E-state index is 0.0529.